The van der Waals surface area contributed by atoms with Crippen molar-refractivity contribution in [2.75, 3.05) is 38.2 Å². The lowest BCUT2D eigenvalue weighted by Gasteiger charge is -2.41. The van der Waals surface area contributed by atoms with Crippen LogP contribution in [0.2, 0.25) is 0 Å². The molecule has 1 fully saturated rings. The Kier molecular flexibility index (Phi) is 7.23. The molecule has 5 nitrogen and oxygen atoms in total. The normalized spacial score (nSPS) is 25.1. The van der Waals surface area contributed by atoms with Crippen molar-refractivity contribution in [3.63, 3.8) is 0 Å². The van der Waals surface area contributed by atoms with Gasteiger partial charge in [-0.05, 0) is 55.5 Å². The third-order valence-corrected chi connectivity index (χ3v) is 7.66. The molecule has 0 aliphatic carbocycles. The van der Waals surface area contributed by atoms with Crippen molar-refractivity contribution in [2.45, 2.75) is 50.4 Å². The van der Waals surface area contributed by atoms with E-state index in [1.54, 1.807) is 0 Å². The summed E-state index contributed by atoms with van der Waals surface area (Å²) in [6, 6.07) is 17.8. The molecule has 6 heteroatoms. The van der Waals surface area contributed by atoms with Gasteiger partial charge in [-0.3, -0.25) is 14.2 Å². The number of rotatable bonds is 9. The van der Waals surface area contributed by atoms with E-state index in [9.17, 15) is 9.50 Å². The van der Waals surface area contributed by atoms with Crippen molar-refractivity contribution >= 4 is 16.6 Å². The molecule has 2 aliphatic heterocycles. The van der Waals surface area contributed by atoms with Crippen LogP contribution in [0.15, 0.2) is 61.2 Å². The molecule has 4 atom stereocenters. The Balaban J connectivity index is 1.40. The number of nitrogens with one attached hydrogen (secondary N) is 2. The molecule has 0 saturated carbocycles. The summed E-state index contributed by atoms with van der Waals surface area (Å²) in [7, 11) is 0. The minimum Gasteiger partial charge on any atom is -0.390 e. The SMILES string of the molecule is C=CCCN1[C@H](c2ccc(N[C@H]3CN(CCCF)C[C@@H]3O)cc2)c2[nH]c3ccccc3c2C[C@H]1C. The molecule has 3 heterocycles. The summed E-state index contributed by atoms with van der Waals surface area (Å²) >= 11 is 0. The summed E-state index contributed by atoms with van der Waals surface area (Å²) in [6.45, 7) is 8.95. The third kappa shape index (κ3) is 4.88. The van der Waals surface area contributed by atoms with E-state index in [0.29, 0.717) is 25.6 Å². The Morgan fingerprint density at radius 2 is 1.94 bits per heavy atom. The van der Waals surface area contributed by atoms with Crippen LogP contribution >= 0.6 is 0 Å². The Morgan fingerprint density at radius 3 is 2.71 bits per heavy atom. The number of aliphatic hydroxyl groups excluding tert-OH is 1. The second kappa shape index (κ2) is 10.5. The van der Waals surface area contributed by atoms with Gasteiger partial charge in [0.25, 0.3) is 0 Å². The standard InChI is InChI=1S/C29H37FN4O/c1-3-4-16-34-20(2)17-24-23-8-5-6-9-25(23)32-28(24)29(34)21-10-12-22(13-11-21)31-26-18-33(15-7-14-30)19-27(26)35/h3,5-6,8-13,20,26-27,29,31-32,35H,1,4,7,14-19H2,2H3/t20-,26+,27+,29-/m1/s1. The van der Waals surface area contributed by atoms with E-state index in [4.69, 9.17) is 0 Å². The predicted octanol–water partition coefficient (Wildman–Crippen LogP) is 4.90. The molecule has 1 aromatic heterocycles. The number of nitrogens with zero attached hydrogens (tertiary/aromatic N) is 2. The molecule has 0 unspecified atom stereocenters. The highest BCUT2D eigenvalue weighted by Crippen LogP contribution is 2.41. The Morgan fingerprint density at radius 1 is 1.14 bits per heavy atom. The lowest BCUT2D eigenvalue weighted by Crippen LogP contribution is -2.43. The number of aromatic amines is 1. The zero-order chi connectivity index (χ0) is 24.4. The first-order valence-corrected chi connectivity index (χ1v) is 12.9. The first-order chi connectivity index (χ1) is 17.1. The molecule has 0 bridgehead atoms. The first kappa shape index (κ1) is 24.0. The molecule has 186 valence electrons. The number of hydrogen-bond acceptors (Lipinski definition) is 4. The Hall–Kier alpha value is -2.67. The van der Waals surface area contributed by atoms with Crippen LogP contribution in [0.4, 0.5) is 10.1 Å². The van der Waals surface area contributed by atoms with Crippen LogP contribution in [0, 0.1) is 0 Å². The van der Waals surface area contributed by atoms with Crippen molar-refractivity contribution in [1.29, 1.82) is 0 Å². The zero-order valence-corrected chi connectivity index (χ0v) is 20.6. The second-order valence-corrected chi connectivity index (χ2v) is 10.1. The van der Waals surface area contributed by atoms with E-state index in [1.807, 2.05) is 6.08 Å². The molecule has 1 saturated heterocycles. The average Bonchev–Trinajstić information content (AvgIpc) is 3.41. The van der Waals surface area contributed by atoms with Gasteiger partial charge in [0.05, 0.1) is 24.9 Å². The lowest BCUT2D eigenvalue weighted by molar-refractivity contribution is 0.152. The number of H-pyrrole nitrogens is 1. The molecule has 35 heavy (non-hydrogen) atoms. The van der Waals surface area contributed by atoms with Crippen molar-refractivity contribution < 1.29 is 9.50 Å². The molecule has 2 aliphatic rings. The third-order valence-electron chi connectivity index (χ3n) is 7.66. The number of para-hydroxylation sites is 1. The number of benzene rings is 2. The van der Waals surface area contributed by atoms with E-state index in [1.165, 1.54) is 27.7 Å². The van der Waals surface area contributed by atoms with E-state index in [0.717, 1.165) is 31.6 Å². The summed E-state index contributed by atoms with van der Waals surface area (Å²) in [4.78, 5) is 8.47. The van der Waals surface area contributed by atoms with Crippen molar-refractivity contribution in [3.05, 3.63) is 78.0 Å². The molecule has 0 amide bonds. The first-order valence-electron chi connectivity index (χ1n) is 12.9. The van der Waals surface area contributed by atoms with E-state index >= 15 is 0 Å². The van der Waals surface area contributed by atoms with Gasteiger partial charge in [-0.1, -0.05) is 36.4 Å². The highest BCUT2D eigenvalue weighted by molar-refractivity contribution is 5.85. The number of β-amino-alcohol motifs (C(OH)–C–C–N with tert-alkyl or cyclic N) is 1. The van der Waals surface area contributed by atoms with Gasteiger partial charge in [-0.2, -0.15) is 0 Å². The molecule has 3 aromatic rings. The summed E-state index contributed by atoms with van der Waals surface area (Å²) in [5, 5.41) is 15.3. The van der Waals surface area contributed by atoms with Crippen molar-refractivity contribution in [1.82, 2.24) is 14.8 Å². The van der Waals surface area contributed by atoms with Crippen molar-refractivity contribution in [3.8, 4) is 0 Å². The van der Waals surface area contributed by atoms with Gasteiger partial charge < -0.3 is 15.4 Å². The van der Waals surface area contributed by atoms with E-state index < -0.39 is 6.10 Å². The number of fused-ring (bicyclic) bond motifs is 3. The Bertz CT molecular complexity index is 1140. The van der Waals surface area contributed by atoms with Crippen molar-refractivity contribution in [2.24, 2.45) is 0 Å². The van der Waals surface area contributed by atoms with Crippen LogP contribution in [-0.4, -0.2) is 70.9 Å². The topological polar surface area (TPSA) is 54.5 Å². The maximum atomic E-state index is 12.5. The van der Waals surface area contributed by atoms with Gasteiger partial charge in [-0.25, -0.2) is 0 Å². The molecule has 0 spiro atoms. The van der Waals surface area contributed by atoms with Gasteiger partial charge in [0, 0.05) is 54.5 Å². The minimum atomic E-state index is -0.447. The largest absolute Gasteiger partial charge is 0.390 e. The number of alkyl halides is 1. The quantitative estimate of drug-likeness (QED) is 0.385. The van der Waals surface area contributed by atoms with Gasteiger partial charge in [-0.15, -0.1) is 6.58 Å². The number of halogens is 1. The van der Waals surface area contributed by atoms with Crippen LogP contribution in [0.5, 0.6) is 0 Å². The summed E-state index contributed by atoms with van der Waals surface area (Å²) in [6.07, 6.45) is 4.06. The average molecular weight is 477 g/mol. The number of likely N-dealkylation sites (tertiary alicyclic amines) is 1. The maximum Gasteiger partial charge on any atom is 0.0906 e. The summed E-state index contributed by atoms with van der Waals surface area (Å²) in [5.74, 6) is 0. The van der Waals surface area contributed by atoms with Crippen LogP contribution < -0.4 is 5.32 Å². The number of aromatic nitrogens is 1. The van der Waals surface area contributed by atoms with Gasteiger partial charge in [0.1, 0.15) is 0 Å². The highest BCUT2D eigenvalue weighted by atomic mass is 19.1. The minimum absolute atomic E-state index is 0.0421. The van der Waals surface area contributed by atoms with E-state index in [2.05, 4.69) is 82.1 Å². The fraction of sp³-hybridized carbons (Fsp3) is 0.448. The Labute approximate surface area is 207 Å². The smallest absolute Gasteiger partial charge is 0.0906 e. The summed E-state index contributed by atoms with van der Waals surface area (Å²) in [5.41, 5.74) is 6.19. The van der Waals surface area contributed by atoms with Crippen LogP contribution in [0.25, 0.3) is 10.9 Å². The van der Waals surface area contributed by atoms with E-state index in [-0.39, 0.29) is 18.8 Å². The molecule has 2 aromatic carbocycles. The second-order valence-electron chi connectivity index (χ2n) is 10.1. The fourth-order valence-corrected chi connectivity index (χ4v) is 5.90. The molecular weight excluding hydrogens is 439 g/mol. The highest BCUT2D eigenvalue weighted by Gasteiger charge is 2.35. The molecule has 5 rings (SSSR count). The van der Waals surface area contributed by atoms with Crippen LogP contribution in [-0.2, 0) is 6.42 Å². The van der Waals surface area contributed by atoms with Crippen LogP contribution in [0.3, 0.4) is 0 Å². The molecule has 3 N–H and O–H groups in total. The van der Waals surface area contributed by atoms with Gasteiger partial charge >= 0.3 is 0 Å². The predicted molar refractivity (Wildman–Crippen MR) is 142 cm³/mol. The fourth-order valence-electron chi connectivity index (χ4n) is 5.90. The van der Waals surface area contributed by atoms with Gasteiger partial charge in [0.2, 0.25) is 0 Å². The van der Waals surface area contributed by atoms with Crippen LogP contribution in [0.1, 0.15) is 42.6 Å². The monoisotopic (exact) mass is 476 g/mol. The molecule has 0 radical (unpaired) electrons. The zero-order valence-electron chi connectivity index (χ0n) is 20.6. The van der Waals surface area contributed by atoms with Gasteiger partial charge in [0.15, 0.2) is 0 Å². The summed E-state index contributed by atoms with van der Waals surface area (Å²) < 4.78 is 12.5. The number of aliphatic hydroxyl groups is 1. The maximum absolute atomic E-state index is 12.5. The number of hydrogen-bond donors (Lipinski definition) is 3. The lowest BCUT2D eigenvalue weighted by atomic mass is 9.88. The molecular formula is C29H37FN4O. The number of anilines is 1.